The van der Waals surface area contributed by atoms with E-state index in [0.29, 0.717) is 10.7 Å². The predicted molar refractivity (Wildman–Crippen MR) is 136 cm³/mol. The van der Waals surface area contributed by atoms with Gasteiger partial charge in [-0.1, -0.05) is 55.5 Å². The third-order valence-corrected chi connectivity index (χ3v) is 7.23. The molecule has 2 heterocycles. The molecule has 1 amide bonds. The summed E-state index contributed by atoms with van der Waals surface area (Å²) in [5.74, 6) is -0.899. The standard InChI is InChI=1S/C27H30FN3O3S/c1-27(2,15-22(32)18-9-11-20(28)12-10-18)25(33)30-26-29-24(19-7-5-4-6-8-19)23(35-26)17-31-14-13-21(16-31)34-3/h4-12,21H,13-17H2,1-3H3,(H,29,30,33). The molecule has 8 heteroatoms. The highest BCUT2D eigenvalue weighted by atomic mass is 32.1. The van der Waals surface area contributed by atoms with Gasteiger partial charge in [-0.05, 0) is 30.7 Å². The van der Waals surface area contributed by atoms with Gasteiger partial charge in [0.1, 0.15) is 5.82 Å². The molecule has 6 nitrogen and oxygen atoms in total. The maximum Gasteiger partial charge on any atom is 0.232 e. The summed E-state index contributed by atoms with van der Waals surface area (Å²) >= 11 is 1.46. The highest BCUT2D eigenvalue weighted by Crippen LogP contribution is 2.34. The van der Waals surface area contributed by atoms with Gasteiger partial charge in [0.15, 0.2) is 10.9 Å². The zero-order valence-electron chi connectivity index (χ0n) is 20.2. The number of aromatic nitrogens is 1. The number of hydrogen-bond acceptors (Lipinski definition) is 6. The third kappa shape index (κ3) is 6.20. The van der Waals surface area contributed by atoms with Crippen LogP contribution >= 0.6 is 11.3 Å². The minimum absolute atomic E-state index is 0.000421. The minimum atomic E-state index is -0.967. The molecule has 1 saturated heterocycles. The van der Waals surface area contributed by atoms with Crippen molar-refractivity contribution in [3.63, 3.8) is 0 Å². The van der Waals surface area contributed by atoms with Crippen LogP contribution < -0.4 is 5.32 Å². The van der Waals surface area contributed by atoms with E-state index in [9.17, 15) is 14.0 Å². The fraction of sp³-hybridized carbons (Fsp3) is 0.370. The van der Waals surface area contributed by atoms with E-state index >= 15 is 0 Å². The number of anilines is 1. The Hall–Kier alpha value is -2.94. The smallest absolute Gasteiger partial charge is 0.232 e. The second-order valence-corrected chi connectivity index (χ2v) is 10.6. The molecule has 1 aromatic heterocycles. The number of carbonyl (C=O) groups excluding carboxylic acids is 2. The van der Waals surface area contributed by atoms with Crippen molar-refractivity contribution in [1.82, 2.24) is 9.88 Å². The Morgan fingerprint density at radius 3 is 2.54 bits per heavy atom. The van der Waals surface area contributed by atoms with Gasteiger partial charge in [-0.3, -0.25) is 14.5 Å². The highest BCUT2D eigenvalue weighted by molar-refractivity contribution is 7.16. The largest absolute Gasteiger partial charge is 0.380 e. The summed E-state index contributed by atoms with van der Waals surface area (Å²) in [6.07, 6.45) is 1.23. The number of thiazole rings is 1. The summed E-state index contributed by atoms with van der Waals surface area (Å²) in [6.45, 7) is 5.99. The lowest BCUT2D eigenvalue weighted by Gasteiger charge is -2.22. The highest BCUT2D eigenvalue weighted by Gasteiger charge is 2.32. The summed E-state index contributed by atoms with van der Waals surface area (Å²) in [7, 11) is 1.74. The van der Waals surface area contributed by atoms with Crippen LogP contribution in [0, 0.1) is 11.2 Å². The molecule has 1 atom stereocenters. The first-order valence-corrected chi connectivity index (χ1v) is 12.5. The summed E-state index contributed by atoms with van der Waals surface area (Å²) in [5.41, 5.74) is 1.26. The van der Waals surface area contributed by atoms with Crippen molar-refractivity contribution in [2.24, 2.45) is 5.41 Å². The van der Waals surface area contributed by atoms with E-state index in [0.717, 1.165) is 42.2 Å². The Bertz CT molecular complexity index is 1180. The van der Waals surface area contributed by atoms with Crippen molar-refractivity contribution in [3.05, 3.63) is 70.9 Å². The van der Waals surface area contributed by atoms with Gasteiger partial charge in [0.25, 0.3) is 0 Å². The van der Waals surface area contributed by atoms with Crippen LogP contribution in [0.4, 0.5) is 9.52 Å². The van der Waals surface area contributed by atoms with Gasteiger partial charge in [-0.25, -0.2) is 9.37 Å². The Morgan fingerprint density at radius 1 is 1.17 bits per heavy atom. The van der Waals surface area contributed by atoms with Crippen molar-refractivity contribution in [2.75, 3.05) is 25.5 Å². The molecule has 1 unspecified atom stereocenters. The van der Waals surface area contributed by atoms with Crippen molar-refractivity contribution in [1.29, 1.82) is 0 Å². The molecular weight excluding hydrogens is 465 g/mol. The molecule has 0 saturated carbocycles. The number of benzene rings is 2. The molecule has 3 aromatic rings. The topological polar surface area (TPSA) is 71.5 Å². The van der Waals surface area contributed by atoms with E-state index in [-0.39, 0.29) is 24.2 Å². The lowest BCUT2D eigenvalue weighted by molar-refractivity contribution is -0.123. The van der Waals surface area contributed by atoms with E-state index < -0.39 is 11.2 Å². The van der Waals surface area contributed by atoms with Crippen molar-refractivity contribution >= 4 is 28.2 Å². The minimum Gasteiger partial charge on any atom is -0.380 e. The quantitative estimate of drug-likeness (QED) is 0.402. The van der Waals surface area contributed by atoms with Crippen LogP contribution in [0.15, 0.2) is 54.6 Å². The van der Waals surface area contributed by atoms with Gasteiger partial charge < -0.3 is 10.1 Å². The van der Waals surface area contributed by atoms with Gasteiger partial charge in [-0.15, -0.1) is 0 Å². The van der Waals surface area contributed by atoms with Crippen LogP contribution in [0.3, 0.4) is 0 Å². The van der Waals surface area contributed by atoms with Crippen LogP contribution in [0.25, 0.3) is 11.3 Å². The second-order valence-electron chi connectivity index (χ2n) is 9.48. The molecule has 0 spiro atoms. The second kappa shape index (κ2) is 10.8. The summed E-state index contributed by atoms with van der Waals surface area (Å²) in [5, 5.41) is 3.44. The molecule has 184 valence electrons. The van der Waals surface area contributed by atoms with Gasteiger partial charge in [-0.2, -0.15) is 0 Å². The normalized spacial score (nSPS) is 16.4. The fourth-order valence-corrected chi connectivity index (χ4v) is 5.18. The SMILES string of the molecule is COC1CCN(Cc2sc(NC(=O)C(C)(C)CC(=O)c3ccc(F)cc3)nc2-c2ccccc2)C1. The number of likely N-dealkylation sites (tertiary alicyclic amines) is 1. The number of hydrogen-bond donors (Lipinski definition) is 1. The average molecular weight is 496 g/mol. The summed E-state index contributed by atoms with van der Waals surface area (Å²) < 4.78 is 18.7. The first-order chi connectivity index (χ1) is 16.7. The Kier molecular flexibility index (Phi) is 7.74. The van der Waals surface area contributed by atoms with E-state index in [4.69, 9.17) is 9.72 Å². The maximum absolute atomic E-state index is 13.2. The number of ketones is 1. The van der Waals surface area contributed by atoms with Crippen LogP contribution in [-0.4, -0.2) is 47.9 Å². The van der Waals surface area contributed by atoms with Gasteiger partial charge in [0.2, 0.25) is 5.91 Å². The molecule has 35 heavy (non-hydrogen) atoms. The summed E-state index contributed by atoms with van der Waals surface area (Å²) in [6, 6.07) is 15.3. The first-order valence-electron chi connectivity index (χ1n) is 11.7. The molecule has 0 aliphatic carbocycles. The molecule has 0 radical (unpaired) electrons. The predicted octanol–water partition coefficient (Wildman–Crippen LogP) is 5.41. The number of Topliss-reactive ketones (excluding diaryl/α,β-unsaturated/α-hetero) is 1. The molecule has 4 rings (SSSR count). The van der Waals surface area contributed by atoms with Crippen LogP contribution in [0.2, 0.25) is 0 Å². The van der Waals surface area contributed by atoms with E-state index in [2.05, 4.69) is 10.2 Å². The Morgan fingerprint density at radius 2 is 1.89 bits per heavy atom. The number of halogens is 1. The lowest BCUT2D eigenvalue weighted by atomic mass is 9.84. The number of rotatable bonds is 9. The van der Waals surface area contributed by atoms with Crippen LogP contribution in [-0.2, 0) is 16.1 Å². The zero-order chi connectivity index (χ0) is 25.0. The zero-order valence-corrected chi connectivity index (χ0v) is 21.0. The maximum atomic E-state index is 13.2. The molecule has 1 aliphatic rings. The average Bonchev–Trinajstić information content (AvgIpc) is 3.46. The monoisotopic (exact) mass is 495 g/mol. The molecule has 1 N–H and O–H groups in total. The van der Waals surface area contributed by atoms with Crippen LogP contribution in [0.5, 0.6) is 0 Å². The van der Waals surface area contributed by atoms with Gasteiger partial charge in [0.05, 0.1) is 17.2 Å². The molecule has 1 aliphatic heterocycles. The van der Waals surface area contributed by atoms with Crippen LogP contribution in [0.1, 0.15) is 41.9 Å². The number of carbonyl (C=O) groups is 2. The number of ether oxygens (including phenoxy) is 1. The van der Waals surface area contributed by atoms with Crippen molar-refractivity contribution in [3.8, 4) is 11.3 Å². The number of amides is 1. The molecular formula is C27H30FN3O3S. The number of nitrogens with one attached hydrogen (secondary N) is 1. The van der Waals surface area contributed by atoms with Crippen molar-refractivity contribution in [2.45, 2.75) is 39.3 Å². The fourth-order valence-electron chi connectivity index (χ4n) is 4.16. The third-order valence-electron chi connectivity index (χ3n) is 6.28. The lowest BCUT2D eigenvalue weighted by Crippen LogP contribution is -2.33. The van der Waals surface area contributed by atoms with Gasteiger partial charge in [0, 0.05) is 49.2 Å². The number of nitrogens with zero attached hydrogens (tertiary/aromatic N) is 2. The van der Waals surface area contributed by atoms with Crippen molar-refractivity contribution < 1.29 is 18.7 Å². The molecule has 0 bridgehead atoms. The Labute approximate surface area is 209 Å². The molecule has 1 fully saturated rings. The van der Waals surface area contributed by atoms with E-state index in [1.165, 1.54) is 35.6 Å². The number of methoxy groups -OCH3 is 1. The van der Waals surface area contributed by atoms with E-state index in [1.807, 2.05) is 30.3 Å². The summed E-state index contributed by atoms with van der Waals surface area (Å²) in [4.78, 5) is 34.0. The van der Waals surface area contributed by atoms with E-state index in [1.54, 1.807) is 21.0 Å². The molecule has 2 aromatic carbocycles. The van der Waals surface area contributed by atoms with Gasteiger partial charge >= 0.3 is 0 Å². The first kappa shape index (κ1) is 25.2. The Balaban J connectivity index is 1.50.